The second kappa shape index (κ2) is 14.3. The maximum absolute atomic E-state index is 13.1. The fourth-order valence-electron chi connectivity index (χ4n) is 7.23. The van der Waals surface area contributed by atoms with Crippen LogP contribution in [-0.4, -0.2) is 92.8 Å². The molecule has 0 aliphatic carbocycles. The number of nitrogens with one attached hydrogen (secondary N) is 1. The van der Waals surface area contributed by atoms with Crippen LogP contribution in [0.5, 0.6) is 0 Å². The Morgan fingerprint density at radius 1 is 1.02 bits per heavy atom. The predicted molar refractivity (Wildman–Crippen MR) is 186 cm³/mol. The number of nitriles is 1. The summed E-state index contributed by atoms with van der Waals surface area (Å²) < 4.78 is 41.4. The van der Waals surface area contributed by atoms with Crippen LogP contribution in [-0.2, 0) is 26.1 Å². The van der Waals surface area contributed by atoms with Crippen molar-refractivity contribution in [1.82, 2.24) is 29.2 Å². The summed E-state index contributed by atoms with van der Waals surface area (Å²) >= 11 is 1.05. The zero-order valence-corrected chi connectivity index (χ0v) is 29.1. The van der Waals surface area contributed by atoms with Gasteiger partial charge in [0, 0.05) is 86.3 Å². The second-order valence-corrected chi connectivity index (χ2v) is 14.8. The second-order valence-electron chi connectivity index (χ2n) is 13.7. The molecule has 13 heteroatoms. The van der Waals surface area contributed by atoms with Gasteiger partial charge in [0.25, 0.3) is 0 Å². The topological polar surface area (TPSA) is 102 Å². The van der Waals surface area contributed by atoms with Gasteiger partial charge in [0.2, 0.25) is 0 Å². The summed E-state index contributed by atoms with van der Waals surface area (Å²) in [4.78, 5) is 17.2. The number of alkyl halides is 3. The van der Waals surface area contributed by atoms with Gasteiger partial charge in [0.05, 0.1) is 18.4 Å². The van der Waals surface area contributed by atoms with Crippen molar-refractivity contribution in [3.05, 3.63) is 51.8 Å². The Morgan fingerprint density at radius 2 is 1.73 bits per heavy atom. The van der Waals surface area contributed by atoms with Crippen LogP contribution in [0.15, 0.2) is 24.3 Å². The number of nitrogens with two attached hydrogens (primary N) is 1. The summed E-state index contributed by atoms with van der Waals surface area (Å²) in [6, 6.07) is 11.5. The van der Waals surface area contributed by atoms with Crippen LogP contribution in [0, 0.1) is 18.3 Å². The van der Waals surface area contributed by atoms with Crippen LogP contribution in [0.4, 0.5) is 19.0 Å². The van der Waals surface area contributed by atoms with Crippen LogP contribution in [0.2, 0.25) is 0 Å². The molecule has 2 fully saturated rings. The Morgan fingerprint density at radius 3 is 2.38 bits per heavy atom. The Bertz CT molecular complexity index is 1770. The maximum atomic E-state index is 13.1. The van der Waals surface area contributed by atoms with Gasteiger partial charge in [0.1, 0.15) is 28.2 Å². The molecule has 0 unspecified atom stereocenters. The minimum absolute atomic E-state index is 0.118. The van der Waals surface area contributed by atoms with Crippen molar-refractivity contribution in [2.24, 2.45) is 5.73 Å². The molecule has 0 saturated carbocycles. The Hall–Kier alpha value is -3.28. The van der Waals surface area contributed by atoms with Gasteiger partial charge in [-0.1, -0.05) is 6.07 Å². The lowest BCUT2D eigenvalue weighted by Crippen LogP contribution is -2.52. The van der Waals surface area contributed by atoms with Crippen molar-refractivity contribution in [3.8, 4) is 6.07 Å². The fraction of sp³-hybridized carbons (Fsp3) is 0.571. The normalized spacial score (nSPS) is 18.2. The van der Waals surface area contributed by atoms with E-state index in [0.29, 0.717) is 39.6 Å². The van der Waals surface area contributed by atoms with Crippen LogP contribution in [0.1, 0.15) is 61.1 Å². The largest absolute Gasteiger partial charge is 0.393 e. The van der Waals surface area contributed by atoms with E-state index in [4.69, 9.17) is 5.73 Å². The molecule has 258 valence electrons. The Kier molecular flexibility index (Phi) is 10.3. The zero-order valence-electron chi connectivity index (χ0n) is 28.3. The van der Waals surface area contributed by atoms with Crippen LogP contribution in [0.25, 0.3) is 21.1 Å². The molecule has 3 aromatic heterocycles. The summed E-state index contributed by atoms with van der Waals surface area (Å²) in [7, 11) is 0. The summed E-state index contributed by atoms with van der Waals surface area (Å²) in [6.07, 6.45) is -3.50. The van der Waals surface area contributed by atoms with E-state index in [-0.39, 0.29) is 17.5 Å². The van der Waals surface area contributed by atoms with E-state index in [1.807, 2.05) is 0 Å². The third kappa shape index (κ3) is 7.63. The SMILES string of the molecule is Cc1c(CN2CCC(Nc3nc(CN)nc4sc(CC(F)(F)F)cc34)CC2)ccc2c1cc(C#N)n2C[C@H](C)N1CCN(C(C)C)CC1. The minimum atomic E-state index is -4.28. The Labute approximate surface area is 284 Å². The van der Waals surface area contributed by atoms with Gasteiger partial charge in [-0.05, 0) is 69.9 Å². The summed E-state index contributed by atoms with van der Waals surface area (Å²) in [6.45, 7) is 16.7. The molecule has 5 heterocycles. The van der Waals surface area contributed by atoms with Gasteiger partial charge in [-0.3, -0.25) is 14.7 Å². The van der Waals surface area contributed by atoms with E-state index in [1.165, 1.54) is 11.1 Å². The van der Waals surface area contributed by atoms with E-state index in [1.54, 1.807) is 6.07 Å². The molecule has 6 rings (SSSR count). The smallest absolute Gasteiger partial charge is 0.367 e. The number of likely N-dealkylation sites (tertiary alicyclic amines) is 1. The van der Waals surface area contributed by atoms with Crippen LogP contribution in [0.3, 0.4) is 0 Å². The van der Waals surface area contributed by atoms with Crippen molar-refractivity contribution in [2.45, 2.75) is 90.9 Å². The fourth-order valence-corrected chi connectivity index (χ4v) is 8.30. The van der Waals surface area contributed by atoms with Crippen molar-refractivity contribution >= 4 is 38.3 Å². The summed E-state index contributed by atoms with van der Waals surface area (Å²) in [5.41, 5.74) is 10.1. The molecule has 2 aliphatic heterocycles. The van der Waals surface area contributed by atoms with Crippen molar-refractivity contribution < 1.29 is 13.2 Å². The first kappa shape index (κ1) is 34.6. The third-order valence-electron chi connectivity index (χ3n) is 10.1. The molecular formula is C35H46F3N9S. The average molecular weight is 682 g/mol. The number of halogens is 3. The molecule has 0 amide bonds. The average Bonchev–Trinajstić information content (AvgIpc) is 3.63. The molecule has 0 bridgehead atoms. The van der Waals surface area contributed by atoms with Crippen molar-refractivity contribution in [3.63, 3.8) is 0 Å². The molecular weight excluding hydrogens is 636 g/mol. The lowest BCUT2D eigenvalue weighted by atomic mass is 10.0. The number of aryl methyl sites for hydroxylation is 1. The molecule has 1 atom stereocenters. The zero-order chi connectivity index (χ0) is 34.2. The van der Waals surface area contributed by atoms with Gasteiger partial charge in [0.15, 0.2) is 0 Å². The number of anilines is 1. The van der Waals surface area contributed by atoms with E-state index >= 15 is 0 Å². The first-order valence-electron chi connectivity index (χ1n) is 17.0. The highest BCUT2D eigenvalue weighted by Gasteiger charge is 2.30. The third-order valence-corrected chi connectivity index (χ3v) is 11.1. The number of fused-ring (bicyclic) bond motifs is 2. The van der Waals surface area contributed by atoms with E-state index in [9.17, 15) is 18.4 Å². The first-order valence-corrected chi connectivity index (χ1v) is 17.8. The van der Waals surface area contributed by atoms with E-state index < -0.39 is 12.6 Å². The van der Waals surface area contributed by atoms with Gasteiger partial charge >= 0.3 is 6.18 Å². The highest BCUT2D eigenvalue weighted by atomic mass is 32.1. The van der Waals surface area contributed by atoms with Crippen molar-refractivity contribution in [2.75, 3.05) is 44.6 Å². The number of piperidine rings is 1. The lowest BCUT2D eigenvalue weighted by molar-refractivity contribution is -0.126. The van der Waals surface area contributed by atoms with Gasteiger partial charge in [-0.15, -0.1) is 11.3 Å². The summed E-state index contributed by atoms with van der Waals surface area (Å²) in [5, 5.41) is 15.3. The van der Waals surface area contributed by atoms with Gasteiger partial charge in [-0.25, -0.2) is 9.97 Å². The van der Waals surface area contributed by atoms with Crippen molar-refractivity contribution in [1.29, 1.82) is 5.26 Å². The predicted octanol–water partition coefficient (Wildman–Crippen LogP) is 5.88. The standard InChI is InChI=1S/C35H46F3N9S/c1-22(2)45-11-13-46(14-12-45)23(3)20-47-27(18-39)15-29-24(4)25(5-6-31(29)47)21-44-9-7-26(8-10-44)41-33-30-16-28(17-35(36,37)38)48-34(30)43-32(19-40)42-33/h5-6,15-16,22-23,26H,7-14,17,19-21,40H2,1-4H3,(H,41,42,43)/t23-/m0/s1. The highest BCUT2D eigenvalue weighted by molar-refractivity contribution is 7.18. The highest BCUT2D eigenvalue weighted by Crippen LogP contribution is 2.34. The molecule has 2 aliphatic rings. The minimum Gasteiger partial charge on any atom is -0.367 e. The Balaban J connectivity index is 1.10. The lowest BCUT2D eigenvalue weighted by Gasteiger charge is -2.40. The van der Waals surface area contributed by atoms with E-state index in [0.717, 1.165) is 87.4 Å². The molecule has 1 aromatic carbocycles. The number of piperazine rings is 1. The van der Waals surface area contributed by atoms with Gasteiger partial charge in [-0.2, -0.15) is 18.4 Å². The molecule has 3 N–H and O–H groups in total. The monoisotopic (exact) mass is 681 g/mol. The molecule has 2 saturated heterocycles. The maximum Gasteiger partial charge on any atom is 0.393 e. The molecule has 0 spiro atoms. The van der Waals surface area contributed by atoms with Crippen LogP contribution < -0.4 is 11.1 Å². The number of benzene rings is 1. The van der Waals surface area contributed by atoms with Gasteiger partial charge < -0.3 is 15.6 Å². The summed E-state index contributed by atoms with van der Waals surface area (Å²) in [5.74, 6) is 0.982. The number of aromatic nitrogens is 3. The van der Waals surface area contributed by atoms with E-state index in [2.05, 4.69) is 86.5 Å². The molecule has 9 nitrogen and oxygen atoms in total. The quantitative estimate of drug-likeness (QED) is 0.214. The number of thiophene rings is 1. The molecule has 48 heavy (non-hydrogen) atoms. The molecule has 0 radical (unpaired) electrons. The molecule has 4 aromatic rings. The van der Waals surface area contributed by atoms with Crippen LogP contribution >= 0.6 is 11.3 Å². The first-order chi connectivity index (χ1) is 22.9. The number of nitrogens with zero attached hydrogens (tertiary/aromatic N) is 7. The number of hydrogen-bond donors (Lipinski definition) is 2. The number of hydrogen-bond acceptors (Lipinski definition) is 9. The number of rotatable bonds is 10.